The van der Waals surface area contributed by atoms with Gasteiger partial charge in [-0.05, 0) is 97.4 Å². The normalized spacial score (nSPS) is 16.8. The van der Waals surface area contributed by atoms with E-state index in [2.05, 4.69) is 146 Å². The van der Waals surface area contributed by atoms with Crippen LogP contribution in [-0.4, -0.2) is 0 Å². The van der Waals surface area contributed by atoms with Gasteiger partial charge in [0, 0.05) is 16.5 Å². The van der Waals surface area contributed by atoms with E-state index in [0.29, 0.717) is 0 Å². The summed E-state index contributed by atoms with van der Waals surface area (Å²) in [7, 11) is 0. The van der Waals surface area contributed by atoms with Gasteiger partial charge in [-0.3, -0.25) is 0 Å². The van der Waals surface area contributed by atoms with Gasteiger partial charge in [0.25, 0.3) is 0 Å². The van der Waals surface area contributed by atoms with E-state index in [4.69, 9.17) is 4.74 Å². The molecule has 1 aliphatic heterocycles. The third-order valence-electron chi connectivity index (χ3n) is 12.1. The smallest absolute Gasteiger partial charge is 0.131 e. The Balaban J connectivity index is 1.23. The SMILES string of the molecule is c1ccc2c(c1)Oc1ccc(-c3cccc4c3-c3c(ccc5ccccc35)C43c4ccccc4-c4ccccc43)cc1C21CCCCC1. The lowest BCUT2D eigenvalue weighted by Gasteiger charge is -2.43. The Morgan fingerprint density at radius 2 is 1.04 bits per heavy atom. The summed E-state index contributed by atoms with van der Waals surface area (Å²) in [5.41, 5.74) is 15.9. The van der Waals surface area contributed by atoms with Gasteiger partial charge < -0.3 is 4.74 Å². The Kier molecular flexibility index (Phi) is 5.32. The minimum atomic E-state index is -0.376. The van der Waals surface area contributed by atoms with Crippen molar-refractivity contribution >= 4 is 10.8 Å². The Morgan fingerprint density at radius 1 is 0.417 bits per heavy atom. The van der Waals surface area contributed by atoms with E-state index >= 15 is 0 Å². The number of benzene rings is 7. The molecule has 1 fully saturated rings. The van der Waals surface area contributed by atoms with E-state index in [1.54, 1.807) is 0 Å². The van der Waals surface area contributed by atoms with Gasteiger partial charge in [-0.25, -0.2) is 0 Å². The number of fused-ring (bicyclic) bond motifs is 16. The topological polar surface area (TPSA) is 9.23 Å². The number of para-hydroxylation sites is 1. The van der Waals surface area contributed by atoms with E-state index < -0.39 is 0 Å². The van der Waals surface area contributed by atoms with Crippen LogP contribution in [0.4, 0.5) is 0 Å². The summed E-state index contributed by atoms with van der Waals surface area (Å²) in [6.07, 6.45) is 6.14. The summed E-state index contributed by atoms with van der Waals surface area (Å²) < 4.78 is 6.66. The van der Waals surface area contributed by atoms with Crippen molar-refractivity contribution in [2.24, 2.45) is 0 Å². The summed E-state index contributed by atoms with van der Waals surface area (Å²) in [5.74, 6) is 2.05. The second-order valence-corrected chi connectivity index (χ2v) is 14.2. The van der Waals surface area contributed by atoms with Crippen LogP contribution in [-0.2, 0) is 10.8 Å². The van der Waals surface area contributed by atoms with Crippen LogP contribution in [0.5, 0.6) is 11.5 Å². The molecule has 1 saturated carbocycles. The van der Waals surface area contributed by atoms with Crippen LogP contribution in [0.2, 0.25) is 0 Å². The lowest BCUT2D eigenvalue weighted by atomic mass is 9.63. The molecule has 7 aromatic rings. The zero-order valence-corrected chi connectivity index (χ0v) is 26.8. The maximum atomic E-state index is 6.66. The molecule has 0 N–H and O–H groups in total. The zero-order valence-electron chi connectivity index (χ0n) is 26.8. The second kappa shape index (κ2) is 9.58. The molecule has 0 aromatic heterocycles. The van der Waals surface area contributed by atoms with Gasteiger partial charge in [-0.15, -0.1) is 0 Å². The molecule has 0 unspecified atom stereocenters. The highest BCUT2D eigenvalue weighted by Gasteiger charge is 2.52. The van der Waals surface area contributed by atoms with E-state index in [0.717, 1.165) is 11.5 Å². The molecule has 228 valence electrons. The number of rotatable bonds is 1. The molecule has 0 saturated heterocycles. The zero-order chi connectivity index (χ0) is 31.5. The highest BCUT2D eigenvalue weighted by molar-refractivity contribution is 6.09. The second-order valence-electron chi connectivity index (χ2n) is 14.2. The van der Waals surface area contributed by atoms with Crippen LogP contribution in [0.3, 0.4) is 0 Å². The third kappa shape index (κ3) is 3.22. The number of hydrogen-bond acceptors (Lipinski definition) is 1. The minimum absolute atomic E-state index is 0.00838. The standard InChI is InChI=1S/C47H34O/c1-10-27-46(28-11-1)38-20-8-9-22-42(38)48-43-26-24-31(29-41(43)46)33-17-12-21-39-45(33)44-32-14-3-2-13-30(32)23-25-40(44)47(39)36-18-6-4-15-34(36)35-16-5-7-19-37(35)47/h2-9,12-26,29H,1,10-11,27-28H2. The van der Waals surface area contributed by atoms with Crippen LogP contribution < -0.4 is 4.74 Å². The molecule has 2 spiro atoms. The first kappa shape index (κ1) is 26.6. The summed E-state index contributed by atoms with van der Waals surface area (Å²) in [4.78, 5) is 0. The van der Waals surface area contributed by atoms with Crippen LogP contribution in [0, 0.1) is 0 Å². The summed E-state index contributed by atoms with van der Waals surface area (Å²) in [6, 6.07) is 54.8. The van der Waals surface area contributed by atoms with Gasteiger partial charge in [-0.1, -0.05) is 147 Å². The van der Waals surface area contributed by atoms with Gasteiger partial charge in [0.15, 0.2) is 0 Å². The fourth-order valence-electron chi connectivity index (χ4n) is 10.3. The maximum absolute atomic E-state index is 6.66. The average Bonchev–Trinajstić information content (AvgIpc) is 3.63. The average molecular weight is 615 g/mol. The van der Waals surface area contributed by atoms with Crippen LogP contribution in [0.1, 0.15) is 65.5 Å². The van der Waals surface area contributed by atoms with Crippen LogP contribution in [0.15, 0.2) is 146 Å². The Morgan fingerprint density at radius 3 is 1.85 bits per heavy atom. The van der Waals surface area contributed by atoms with Gasteiger partial charge in [0.05, 0.1) is 5.41 Å². The summed E-state index contributed by atoms with van der Waals surface area (Å²) in [5, 5.41) is 2.60. The first-order chi connectivity index (χ1) is 23.8. The molecule has 48 heavy (non-hydrogen) atoms. The highest BCUT2D eigenvalue weighted by Crippen LogP contribution is 2.65. The lowest BCUT2D eigenvalue weighted by molar-refractivity contribution is 0.306. The molecular formula is C47H34O. The van der Waals surface area contributed by atoms with Crippen molar-refractivity contribution < 1.29 is 4.74 Å². The Bertz CT molecular complexity index is 2430. The van der Waals surface area contributed by atoms with E-state index in [9.17, 15) is 0 Å². The predicted octanol–water partition coefficient (Wildman–Crippen LogP) is 12.2. The van der Waals surface area contributed by atoms with Gasteiger partial charge in [0.2, 0.25) is 0 Å². The van der Waals surface area contributed by atoms with Crippen molar-refractivity contribution in [3.63, 3.8) is 0 Å². The number of ether oxygens (including phenoxy) is 1. The quantitative estimate of drug-likeness (QED) is 0.179. The van der Waals surface area contributed by atoms with E-state index in [-0.39, 0.29) is 10.8 Å². The fraction of sp³-hybridized carbons (Fsp3) is 0.149. The molecule has 0 atom stereocenters. The van der Waals surface area contributed by atoms with Gasteiger partial charge in [-0.2, -0.15) is 0 Å². The minimum Gasteiger partial charge on any atom is -0.457 e. The monoisotopic (exact) mass is 614 g/mol. The van der Waals surface area contributed by atoms with Crippen molar-refractivity contribution in [1.29, 1.82) is 0 Å². The van der Waals surface area contributed by atoms with E-state index in [1.165, 1.54) is 110 Å². The van der Waals surface area contributed by atoms with Crippen molar-refractivity contribution in [1.82, 2.24) is 0 Å². The molecule has 1 nitrogen and oxygen atoms in total. The summed E-state index contributed by atoms with van der Waals surface area (Å²) >= 11 is 0. The number of hydrogen-bond donors (Lipinski definition) is 0. The van der Waals surface area contributed by atoms with Crippen molar-refractivity contribution in [3.05, 3.63) is 179 Å². The molecule has 1 heterocycles. The highest BCUT2D eigenvalue weighted by atomic mass is 16.5. The third-order valence-corrected chi connectivity index (χ3v) is 12.1. The molecule has 0 radical (unpaired) electrons. The first-order valence-electron chi connectivity index (χ1n) is 17.6. The molecule has 1 heteroatoms. The molecule has 0 bridgehead atoms. The first-order valence-corrected chi connectivity index (χ1v) is 17.6. The summed E-state index contributed by atoms with van der Waals surface area (Å²) in [6.45, 7) is 0. The Hall–Kier alpha value is -5.40. The van der Waals surface area contributed by atoms with Crippen molar-refractivity contribution in [3.8, 4) is 44.9 Å². The maximum Gasteiger partial charge on any atom is 0.131 e. The molecular weight excluding hydrogens is 581 g/mol. The van der Waals surface area contributed by atoms with Gasteiger partial charge in [0.1, 0.15) is 11.5 Å². The van der Waals surface area contributed by atoms with E-state index in [1.807, 2.05) is 0 Å². The van der Waals surface area contributed by atoms with Crippen LogP contribution in [0.25, 0.3) is 44.2 Å². The molecule has 4 aliphatic rings. The molecule has 3 aliphatic carbocycles. The van der Waals surface area contributed by atoms with Crippen molar-refractivity contribution in [2.45, 2.75) is 42.9 Å². The molecule has 0 amide bonds. The van der Waals surface area contributed by atoms with Crippen molar-refractivity contribution in [2.75, 3.05) is 0 Å². The molecule has 7 aromatic carbocycles. The lowest BCUT2D eigenvalue weighted by Crippen LogP contribution is -2.33. The van der Waals surface area contributed by atoms with Crippen LogP contribution >= 0.6 is 0 Å². The Labute approximate surface area is 281 Å². The largest absolute Gasteiger partial charge is 0.457 e. The fourth-order valence-corrected chi connectivity index (χ4v) is 10.3. The predicted molar refractivity (Wildman–Crippen MR) is 196 cm³/mol. The molecule has 11 rings (SSSR count). The van der Waals surface area contributed by atoms with Gasteiger partial charge >= 0.3 is 0 Å².